The minimum absolute atomic E-state index is 0.472. The lowest BCUT2D eigenvalue weighted by Gasteiger charge is -2.09. The van der Waals surface area contributed by atoms with Crippen molar-refractivity contribution in [2.75, 3.05) is 19.8 Å². The largest absolute Gasteiger partial charge is 0.480 e. The van der Waals surface area contributed by atoms with Crippen LogP contribution in [0.4, 0.5) is 0 Å². The highest BCUT2D eigenvalue weighted by Crippen LogP contribution is 1.93. The molecule has 0 aromatic rings. The van der Waals surface area contributed by atoms with Crippen LogP contribution in [0, 0.1) is 5.92 Å². The van der Waals surface area contributed by atoms with Gasteiger partial charge >= 0.3 is 5.97 Å². The van der Waals surface area contributed by atoms with Gasteiger partial charge in [-0.2, -0.15) is 0 Å². The highest BCUT2D eigenvalue weighted by atomic mass is 16.5. The number of carboxylic acid groups (broad SMARTS) is 1. The lowest BCUT2D eigenvalue weighted by atomic mass is 10.2. The van der Waals surface area contributed by atoms with Crippen molar-refractivity contribution in [3.63, 3.8) is 0 Å². The Kier molecular flexibility index (Phi) is 7.42. The molecule has 0 spiro atoms. The van der Waals surface area contributed by atoms with E-state index in [0.717, 1.165) is 13.0 Å². The molecule has 0 aromatic carbocycles. The van der Waals surface area contributed by atoms with Crippen molar-refractivity contribution in [2.45, 2.75) is 33.2 Å². The van der Waals surface area contributed by atoms with E-state index in [4.69, 9.17) is 9.84 Å². The number of carboxylic acids is 1. The number of nitrogens with one attached hydrogen (secondary N) is 1. The summed E-state index contributed by atoms with van der Waals surface area (Å²) in [5.74, 6) is -0.256. The monoisotopic (exact) mass is 203 g/mol. The SMILES string of the molecule is CC(C)COCCCNC(C)C(=O)O. The number of hydrogen-bond donors (Lipinski definition) is 2. The van der Waals surface area contributed by atoms with Gasteiger partial charge in [-0.05, 0) is 25.8 Å². The second-order valence-corrected chi connectivity index (χ2v) is 3.84. The molecule has 0 aromatic heterocycles. The average Bonchev–Trinajstić information content (AvgIpc) is 2.09. The van der Waals surface area contributed by atoms with E-state index in [0.29, 0.717) is 19.1 Å². The molecule has 2 N–H and O–H groups in total. The maximum Gasteiger partial charge on any atom is 0.320 e. The minimum atomic E-state index is -0.812. The molecule has 0 rings (SSSR count). The zero-order valence-electron chi connectivity index (χ0n) is 9.25. The Labute approximate surface area is 85.6 Å². The third-order valence-corrected chi connectivity index (χ3v) is 1.74. The Morgan fingerprint density at radius 2 is 2.07 bits per heavy atom. The Bertz CT molecular complexity index is 159. The average molecular weight is 203 g/mol. The summed E-state index contributed by atoms with van der Waals surface area (Å²) in [6.45, 7) is 7.99. The van der Waals surface area contributed by atoms with Crippen LogP contribution in [0.25, 0.3) is 0 Å². The molecule has 14 heavy (non-hydrogen) atoms. The molecule has 1 atom stereocenters. The first kappa shape index (κ1) is 13.4. The van der Waals surface area contributed by atoms with Crippen molar-refractivity contribution < 1.29 is 14.6 Å². The highest BCUT2D eigenvalue weighted by Gasteiger charge is 2.07. The molecule has 84 valence electrons. The predicted octanol–water partition coefficient (Wildman–Crippen LogP) is 1.11. The van der Waals surface area contributed by atoms with Crippen molar-refractivity contribution >= 4 is 5.97 Å². The Morgan fingerprint density at radius 1 is 1.43 bits per heavy atom. The van der Waals surface area contributed by atoms with E-state index in [2.05, 4.69) is 19.2 Å². The van der Waals surface area contributed by atoms with E-state index in [1.807, 2.05) is 0 Å². The van der Waals surface area contributed by atoms with Gasteiger partial charge < -0.3 is 15.2 Å². The lowest BCUT2D eigenvalue weighted by Crippen LogP contribution is -2.34. The molecular weight excluding hydrogens is 182 g/mol. The van der Waals surface area contributed by atoms with Crippen LogP contribution in [0.1, 0.15) is 27.2 Å². The Morgan fingerprint density at radius 3 is 2.57 bits per heavy atom. The van der Waals surface area contributed by atoms with E-state index in [-0.39, 0.29) is 0 Å². The van der Waals surface area contributed by atoms with Crippen molar-refractivity contribution in [1.29, 1.82) is 0 Å². The van der Waals surface area contributed by atoms with Gasteiger partial charge in [-0.3, -0.25) is 4.79 Å². The van der Waals surface area contributed by atoms with E-state index in [1.54, 1.807) is 6.92 Å². The first-order valence-electron chi connectivity index (χ1n) is 5.08. The summed E-state index contributed by atoms with van der Waals surface area (Å²) in [6.07, 6.45) is 0.852. The third kappa shape index (κ3) is 8.01. The van der Waals surface area contributed by atoms with Crippen LogP contribution < -0.4 is 5.32 Å². The van der Waals surface area contributed by atoms with Gasteiger partial charge in [0.2, 0.25) is 0 Å². The molecular formula is C10H21NO3. The van der Waals surface area contributed by atoms with Gasteiger partial charge in [0.05, 0.1) is 0 Å². The quantitative estimate of drug-likeness (QED) is 0.580. The van der Waals surface area contributed by atoms with Crippen LogP contribution in [0.3, 0.4) is 0 Å². The summed E-state index contributed by atoms with van der Waals surface area (Å²) in [5.41, 5.74) is 0. The van der Waals surface area contributed by atoms with Gasteiger partial charge in [-0.1, -0.05) is 13.8 Å². The van der Waals surface area contributed by atoms with Crippen LogP contribution in [-0.2, 0) is 9.53 Å². The molecule has 0 fully saturated rings. The van der Waals surface area contributed by atoms with Crippen LogP contribution in [0.2, 0.25) is 0 Å². The Hall–Kier alpha value is -0.610. The second kappa shape index (κ2) is 7.76. The molecule has 0 radical (unpaired) electrons. The van der Waals surface area contributed by atoms with Gasteiger partial charge in [0.1, 0.15) is 6.04 Å². The van der Waals surface area contributed by atoms with Crippen LogP contribution >= 0.6 is 0 Å². The topological polar surface area (TPSA) is 58.6 Å². The number of aliphatic carboxylic acids is 1. The predicted molar refractivity (Wildman–Crippen MR) is 55.4 cm³/mol. The number of ether oxygens (including phenoxy) is 1. The zero-order chi connectivity index (χ0) is 11.0. The molecule has 4 heteroatoms. The van der Waals surface area contributed by atoms with Gasteiger partial charge in [0.15, 0.2) is 0 Å². The normalized spacial score (nSPS) is 13.1. The first-order chi connectivity index (χ1) is 6.54. The molecule has 0 aliphatic carbocycles. The van der Waals surface area contributed by atoms with Crippen molar-refractivity contribution in [2.24, 2.45) is 5.92 Å². The molecule has 0 aliphatic rings. The summed E-state index contributed by atoms with van der Waals surface area (Å²) in [6, 6.07) is -0.472. The van der Waals surface area contributed by atoms with Gasteiger partial charge in [0, 0.05) is 13.2 Å². The van der Waals surface area contributed by atoms with Crippen molar-refractivity contribution in [3.8, 4) is 0 Å². The van der Waals surface area contributed by atoms with E-state index in [9.17, 15) is 4.79 Å². The molecule has 0 saturated heterocycles. The maximum absolute atomic E-state index is 10.4. The van der Waals surface area contributed by atoms with Crippen LogP contribution in [-0.4, -0.2) is 36.9 Å². The lowest BCUT2D eigenvalue weighted by molar-refractivity contribution is -0.139. The van der Waals surface area contributed by atoms with E-state index in [1.165, 1.54) is 0 Å². The summed E-state index contributed by atoms with van der Waals surface area (Å²) in [4.78, 5) is 10.4. The van der Waals surface area contributed by atoms with E-state index >= 15 is 0 Å². The number of rotatable bonds is 8. The summed E-state index contributed by atoms with van der Waals surface area (Å²) in [5, 5.41) is 11.5. The van der Waals surface area contributed by atoms with Gasteiger partial charge in [-0.15, -0.1) is 0 Å². The molecule has 0 aliphatic heterocycles. The van der Waals surface area contributed by atoms with Crippen LogP contribution in [0.15, 0.2) is 0 Å². The molecule has 4 nitrogen and oxygen atoms in total. The van der Waals surface area contributed by atoms with Crippen molar-refractivity contribution in [3.05, 3.63) is 0 Å². The molecule has 0 amide bonds. The summed E-state index contributed by atoms with van der Waals surface area (Å²) < 4.78 is 5.35. The molecule has 1 unspecified atom stereocenters. The molecule has 0 heterocycles. The third-order valence-electron chi connectivity index (χ3n) is 1.74. The van der Waals surface area contributed by atoms with E-state index < -0.39 is 12.0 Å². The van der Waals surface area contributed by atoms with Gasteiger partial charge in [-0.25, -0.2) is 0 Å². The number of carbonyl (C=O) groups is 1. The minimum Gasteiger partial charge on any atom is -0.480 e. The number of hydrogen-bond acceptors (Lipinski definition) is 3. The summed E-state index contributed by atoms with van der Waals surface area (Å²) in [7, 11) is 0. The van der Waals surface area contributed by atoms with Crippen LogP contribution in [0.5, 0.6) is 0 Å². The zero-order valence-corrected chi connectivity index (χ0v) is 9.25. The second-order valence-electron chi connectivity index (χ2n) is 3.84. The fourth-order valence-corrected chi connectivity index (χ4v) is 0.899. The Balaban J connectivity index is 3.17. The summed E-state index contributed by atoms with van der Waals surface area (Å²) >= 11 is 0. The fourth-order valence-electron chi connectivity index (χ4n) is 0.899. The van der Waals surface area contributed by atoms with Gasteiger partial charge in [0.25, 0.3) is 0 Å². The molecule has 0 bridgehead atoms. The molecule has 0 saturated carbocycles. The fraction of sp³-hybridized carbons (Fsp3) is 0.900. The highest BCUT2D eigenvalue weighted by molar-refractivity contribution is 5.72. The standard InChI is InChI=1S/C10H21NO3/c1-8(2)7-14-6-4-5-11-9(3)10(12)13/h8-9,11H,4-7H2,1-3H3,(H,12,13). The first-order valence-corrected chi connectivity index (χ1v) is 5.08. The smallest absolute Gasteiger partial charge is 0.320 e. The maximum atomic E-state index is 10.4. The van der Waals surface area contributed by atoms with Crippen molar-refractivity contribution in [1.82, 2.24) is 5.32 Å².